The first kappa shape index (κ1) is 11.1. The summed E-state index contributed by atoms with van der Waals surface area (Å²) in [5.74, 6) is 1.00. The van der Waals surface area contributed by atoms with Crippen molar-refractivity contribution in [3.63, 3.8) is 0 Å². The van der Waals surface area contributed by atoms with Crippen LogP contribution in [0.4, 0.5) is 5.95 Å². The van der Waals surface area contributed by atoms with Crippen LogP contribution in [-0.4, -0.2) is 40.6 Å². The molecule has 0 spiro atoms. The normalized spacial score (nSPS) is 10.3. The molecule has 0 aromatic carbocycles. The third-order valence-corrected chi connectivity index (χ3v) is 2.28. The molecule has 0 aliphatic rings. The first-order chi connectivity index (χ1) is 9.42. The minimum Gasteiger partial charge on any atom is -0.347 e. The van der Waals surface area contributed by atoms with Crippen LogP contribution in [0.2, 0.25) is 0 Å². The van der Waals surface area contributed by atoms with Crippen molar-refractivity contribution in [2.45, 2.75) is 6.54 Å². The number of hydrogen-bond donors (Lipinski definition) is 2. The lowest BCUT2D eigenvalue weighted by molar-refractivity contribution is 0.881. The fourth-order valence-electron chi connectivity index (χ4n) is 1.43. The van der Waals surface area contributed by atoms with Gasteiger partial charge in [-0.1, -0.05) is 5.21 Å². The largest absolute Gasteiger partial charge is 0.347 e. The average molecular weight is 255 g/mol. The van der Waals surface area contributed by atoms with Gasteiger partial charge in [-0.3, -0.25) is 9.97 Å². The summed E-state index contributed by atoms with van der Waals surface area (Å²) >= 11 is 0. The van der Waals surface area contributed by atoms with Gasteiger partial charge in [0.15, 0.2) is 5.82 Å². The lowest BCUT2D eigenvalue weighted by Gasteiger charge is -2.03. The molecule has 2 N–H and O–H groups in total. The van der Waals surface area contributed by atoms with Crippen LogP contribution in [-0.2, 0) is 6.54 Å². The number of tetrazole rings is 1. The maximum absolute atomic E-state index is 4.33. The zero-order chi connectivity index (χ0) is 12.9. The predicted molar refractivity (Wildman–Crippen MR) is 64.6 cm³/mol. The summed E-state index contributed by atoms with van der Waals surface area (Å²) in [4.78, 5) is 16.6. The van der Waals surface area contributed by atoms with Gasteiger partial charge in [-0.15, -0.1) is 10.2 Å². The van der Waals surface area contributed by atoms with Gasteiger partial charge in [-0.2, -0.15) is 5.21 Å². The molecule has 94 valence electrons. The number of hydrogen-bond acceptors (Lipinski definition) is 8. The molecule has 0 radical (unpaired) electrons. The second-order valence-electron chi connectivity index (χ2n) is 3.54. The number of aromatic nitrogens is 8. The first-order valence-corrected chi connectivity index (χ1v) is 5.47. The monoisotopic (exact) mass is 255 g/mol. The smallest absolute Gasteiger partial charge is 0.223 e. The number of nitrogens with one attached hydrogen (secondary N) is 2. The molecule has 9 heteroatoms. The van der Waals surface area contributed by atoms with Crippen LogP contribution in [0, 0.1) is 0 Å². The zero-order valence-electron chi connectivity index (χ0n) is 9.72. The van der Waals surface area contributed by atoms with Crippen LogP contribution in [0.25, 0.3) is 11.4 Å². The van der Waals surface area contributed by atoms with Gasteiger partial charge in [-0.05, 0) is 6.07 Å². The van der Waals surface area contributed by atoms with E-state index in [-0.39, 0.29) is 0 Å². The van der Waals surface area contributed by atoms with Gasteiger partial charge in [0.2, 0.25) is 5.95 Å². The van der Waals surface area contributed by atoms with E-state index in [1.54, 1.807) is 30.9 Å². The Bertz CT molecular complexity index is 637. The fraction of sp³-hybridized carbons (Fsp3) is 0.100. The molecule has 0 amide bonds. The second-order valence-corrected chi connectivity index (χ2v) is 3.54. The van der Waals surface area contributed by atoms with Crippen molar-refractivity contribution in [3.05, 3.63) is 36.7 Å². The van der Waals surface area contributed by atoms with Crippen LogP contribution < -0.4 is 5.32 Å². The Balaban J connectivity index is 1.77. The van der Waals surface area contributed by atoms with Crippen molar-refractivity contribution in [3.8, 4) is 11.4 Å². The summed E-state index contributed by atoms with van der Waals surface area (Å²) in [5.41, 5.74) is 1.38. The van der Waals surface area contributed by atoms with E-state index in [9.17, 15) is 0 Å². The lowest BCUT2D eigenvalue weighted by Crippen LogP contribution is -2.05. The SMILES string of the molecule is c1cnc(-c2ccnc(NCc3nn[nH]n3)n2)cn1. The minimum absolute atomic E-state index is 0.389. The van der Waals surface area contributed by atoms with Crippen molar-refractivity contribution in [2.24, 2.45) is 0 Å². The van der Waals surface area contributed by atoms with Crippen LogP contribution in [0.5, 0.6) is 0 Å². The molecule has 3 rings (SSSR count). The highest BCUT2D eigenvalue weighted by Gasteiger charge is 2.04. The Morgan fingerprint density at radius 1 is 1.11 bits per heavy atom. The highest BCUT2D eigenvalue weighted by Crippen LogP contribution is 2.13. The van der Waals surface area contributed by atoms with Crippen LogP contribution in [0.1, 0.15) is 5.82 Å². The van der Waals surface area contributed by atoms with E-state index in [4.69, 9.17) is 0 Å². The highest BCUT2D eigenvalue weighted by atomic mass is 15.5. The Labute approximate surface area is 107 Å². The van der Waals surface area contributed by atoms with E-state index in [0.29, 0.717) is 29.7 Å². The Hall–Kier alpha value is -2.97. The third kappa shape index (κ3) is 2.65. The Kier molecular flexibility index (Phi) is 3.00. The number of H-pyrrole nitrogens is 1. The molecule has 0 atom stereocenters. The van der Waals surface area contributed by atoms with Crippen molar-refractivity contribution in [1.29, 1.82) is 0 Å². The van der Waals surface area contributed by atoms with E-state index in [2.05, 4.69) is 45.9 Å². The average Bonchev–Trinajstić information content (AvgIpc) is 3.00. The molecule has 0 aliphatic carbocycles. The molecular weight excluding hydrogens is 246 g/mol. The first-order valence-electron chi connectivity index (χ1n) is 5.47. The molecule has 3 heterocycles. The molecule has 0 unspecified atom stereocenters. The molecule has 3 aromatic heterocycles. The molecule has 19 heavy (non-hydrogen) atoms. The fourth-order valence-corrected chi connectivity index (χ4v) is 1.43. The van der Waals surface area contributed by atoms with Gasteiger partial charge in [0, 0.05) is 18.6 Å². The number of aromatic amines is 1. The van der Waals surface area contributed by atoms with E-state index in [0.717, 1.165) is 0 Å². The van der Waals surface area contributed by atoms with Crippen molar-refractivity contribution in [1.82, 2.24) is 40.6 Å². The second kappa shape index (κ2) is 5.12. The molecule has 0 aliphatic heterocycles. The van der Waals surface area contributed by atoms with Crippen molar-refractivity contribution >= 4 is 5.95 Å². The van der Waals surface area contributed by atoms with Gasteiger partial charge >= 0.3 is 0 Å². The number of rotatable bonds is 4. The van der Waals surface area contributed by atoms with Gasteiger partial charge in [0.25, 0.3) is 0 Å². The van der Waals surface area contributed by atoms with E-state index in [1.807, 2.05) is 0 Å². The van der Waals surface area contributed by atoms with Crippen LogP contribution >= 0.6 is 0 Å². The Morgan fingerprint density at radius 2 is 2.11 bits per heavy atom. The zero-order valence-corrected chi connectivity index (χ0v) is 9.72. The molecule has 0 fully saturated rings. The molecule has 0 bridgehead atoms. The quantitative estimate of drug-likeness (QED) is 0.671. The van der Waals surface area contributed by atoms with Gasteiger partial charge in [-0.25, -0.2) is 9.97 Å². The van der Waals surface area contributed by atoms with Crippen LogP contribution in [0.15, 0.2) is 30.9 Å². The summed E-state index contributed by atoms with van der Waals surface area (Å²) in [5, 5.41) is 16.5. The van der Waals surface area contributed by atoms with Gasteiger partial charge in [0.05, 0.1) is 18.4 Å². The maximum Gasteiger partial charge on any atom is 0.223 e. The maximum atomic E-state index is 4.33. The summed E-state index contributed by atoms with van der Waals surface area (Å²) in [6, 6.07) is 1.77. The van der Waals surface area contributed by atoms with Crippen molar-refractivity contribution in [2.75, 3.05) is 5.32 Å². The third-order valence-electron chi connectivity index (χ3n) is 2.28. The number of anilines is 1. The minimum atomic E-state index is 0.389. The standard InChI is InChI=1S/C10H9N9/c1-2-13-10(14-6-9-16-18-19-17-9)15-7(1)8-5-11-3-4-12-8/h1-5H,6H2,(H,13,14,15)(H,16,17,18,19). The molecular formula is C10H9N9. The van der Waals surface area contributed by atoms with Gasteiger partial charge < -0.3 is 5.32 Å². The topological polar surface area (TPSA) is 118 Å². The number of nitrogens with zero attached hydrogens (tertiary/aromatic N) is 7. The summed E-state index contributed by atoms with van der Waals surface area (Å²) in [6.07, 6.45) is 6.52. The molecule has 3 aromatic rings. The van der Waals surface area contributed by atoms with Crippen molar-refractivity contribution < 1.29 is 0 Å². The van der Waals surface area contributed by atoms with Gasteiger partial charge in [0.1, 0.15) is 5.69 Å². The lowest BCUT2D eigenvalue weighted by atomic mass is 10.3. The van der Waals surface area contributed by atoms with E-state index < -0.39 is 0 Å². The predicted octanol–water partition coefficient (Wildman–Crippen LogP) is 0.0588. The van der Waals surface area contributed by atoms with Crippen LogP contribution in [0.3, 0.4) is 0 Å². The van der Waals surface area contributed by atoms with E-state index in [1.165, 1.54) is 0 Å². The summed E-state index contributed by atoms with van der Waals surface area (Å²) in [6.45, 7) is 0.389. The van der Waals surface area contributed by atoms with E-state index >= 15 is 0 Å². The Morgan fingerprint density at radius 3 is 2.89 bits per heavy atom. The summed E-state index contributed by atoms with van der Waals surface area (Å²) in [7, 11) is 0. The summed E-state index contributed by atoms with van der Waals surface area (Å²) < 4.78 is 0. The molecule has 0 saturated heterocycles. The highest BCUT2D eigenvalue weighted by molar-refractivity contribution is 5.53. The molecule has 0 saturated carbocycles. The molecule has 9 nitrogen and oxygen atoms in total.